The lowest BCUT2D eigenvalue weighted by Gasteiger charge is -2.11. The highest BCUT2D eigenvalue weighted by molar-refractivity contribution is 5.90. The number of pyridine rings is 1. The van der Waals surface area contributed by atoms with Crippen molar-refractivity contribution in [2.45, 2.75) is 19.3 Å². The van der Waals surface area contributed by atoms with E-state index in [1.165, 1.54) is 0 Å². The van der Waals surface area contributed by atoms with E-state index in [9.17, 15) is 22.8 Å². The molecule has 1 amide bonds. The summed E-state index contributed by atoms with van der Waals surface area (Å²) in [5.74, 6) is -0.127. The number of rotatable bonds is 6. The quantitative estimate of drug-likeness (QED) is 0.646. The third-order valence-electron chi connectivity index (χ3n) is 4.22. The number of halogens is 3. The molecular formula is C22H16F3N3O3. The fraction of sp³-hybridized carbons (Fsp3) is 0.136. The zero-order chi connectivity index (χ0) is 22.4. The van der Waals surface area contributed by atoms with E-state index in [1.54, 1.807) is 42.5 Å². The number of amides is 1. The minimum Gasteiger partial charge on any atom is -0.489 e. The van der Waals surface area contributed by atoms with Gasteiger partial charge in [0.1, 0.15) is 18.9 Å². The summed E-state index contributed by atoms with van der Waals surface area (Å²) < 4.78 is 44.7. The van der Waals surface area contributed by atoms with E-state index in [0.29, 0.717) is 33.8 Å². The standard InChI is InChI=1S/C22H16F3N3O3/c23-22(24,25)17-4-9-21(30)28(12-17)13-20(29)27-18-5-7-19(8-6-18)31-14-16-3-1-2-15(10-16)11-26/h1-10,12H,13-14H2,(H,27,29). The largest absolute Gasteiger partial charge is 0.489 e. The molecule has 0 saturated carbocycles. The van der Waals surface area contributed by atoms with Crippen LogP contribution in [0.15, 0.2) is 71.7 Å². The number of carbonyl (C=O) groups excluding carboxylic acids is 1. The highest BCUT2D eigenvalue weighted by Gasteiger charge is 2.31. The van der Waals surface area contributed by atoms with E-state index in [0.717, 1.165) is 11.6 Å². The van der Waals surface area contributed by atoms with Crippen LogP contribution in [-0.4, -0.2) is 10.5 Å². The van der Waals surface area contributed by atoms with Crippen molar-refractivity contribution < 1.29 is 22.7 Å². The Morgan fingerprint density at radius 3 is 2.52 bits per heavy atom. The van der Waals surface area contributed by atoms with Gasteiger partial charge >= 0.3 is 6.18 Å². The molecule has 0 radical (unpaired) electrons. The van der Waals surface area contributed by atoms with Crippen LogP contribution in [0.3, 0.4) is 0 Å². The second kappa shape index (κ2) is 9.17. The van der Waals surface area contributed by atoms with Gasteiger partial charge in [-0.1, -0.05) is 12.1 Å². The molecule has 0 aliphatic carbocycles. The SMILES string of the molecule is N#Cc1cccc(COc2ccc(NC(=O)Cn3cc(C(F)(F)F)ccc3=O)cc2)c1. The van der Waals surface area contributed by atoms with Crippen molar-refractivity contribution in [1.29, 1.82) is 5.26 Å². The highest BCUT2D eigenvalue weighted by atomic mass is 19.4. The first-order valence-electron chi connectivity index (χ1n) is 9.04. The zero-order valence-electron chi connectivity index (χ0n) is 16.0. The summed E-state index contributed by atoms with van der Waals surface area (Å²) in [6.07, 6.45) is -4.00. The van der Waals surface area contributed by atoms with E-state index < -0.39 is 29.8 Å². The van der Waals surface area contributed by atoms with Gasteiger partial charge < -0.3 is 14.6 Å². The summed E-state index contributed by atoms with van der Waals surface area (Å²) in [6.45, 7) is -0.310. The normalized spacial score (nSPS) is 10.9. The van der Waals surface area contributed by atoms with Crippen LogP contribution in [0.4, 0.5) is 18.9 Å². The Bertz CT molecular complexity index is 1180. The van der Waals surface area contributed by atoms with E-state index in [4.69, 9.17) is 10.00 Å². The Morgan fingerprint density at radius 2 is 1.84 bits per heavy atom. The Labute approximate surface area is 175 Å². The first kappa shape index (κ1) is 21.6. The van der Waals surface area contributed by atoms with Crippen LogP contribution in [0.5, 0.6) is 5.75 Å². The predicted molar refractivity (Wildman–Crippen MR) is 106 cm³/mol. The maximum Gasteiger partial charge on any atom is 0.417 e. The third kappa shape index (κ3) is 5.96. The summed E-state index contributed by atoms with van der Waals surface area (Å²) in [7, 11) is 0. The number of nitrogens with zero attached hydrogens (tertiary/aromatic N) is 2. The lowest BCUT2D eigenvalue weighted by atomic mass is 10.1. The maximum atomic E-state index is 12.8. The number of hydrogen-bond donors (Lipinski definition) is 1. The van der Waals surface area contributed by atoms with Gasteiger partial charge in [-0.15, -0.1) is 0 Å². The molecule has 0 atom stereocenters. The topological polar surface area (TPSA) is 84.1 Å². The van der Waals surface area contributed by atoms with Crippen LogP contribution in [-0.2, 0) is 24.1 Å². The van der Waals surface area contributed by atoms with Gasteiger partial charge in [-0.3, -0.25) is 9.59 Å². The van der Waals surface area contributed by atoms with Crippen molar-refractivity contribution in [3.8, 4) is 11.8 Å². The van der Waals surface area contributed by atoms with E-state index in [-0.39, 0.29) is 6.61 Å². The van der Waals surface area contributed by atoms with Gasteiger partial charge in [0, 0.05) is 18.0 Å². The Kier molecular flexibility index (Phi) is 6.40. The molecule has 2 aromatic carbocycles. The minimum absolute atomic E-state index is 0.250. The van der Waals surface area contributed by atoms with Crippen LogP contribution in [0, 0.1) is 11.3 Å². The lowest BCUT2D eigenvalue weighted by molar-refractivity contribution is -0.138. The average Bonchev–Trinajstić information content (AvgIpc) is 2.74. The molecule has 158 valence electrons. The van der Waals surface area contributed by atoms with Crippen molar-refractivity contribution in [2.24, 2.45) is 0 Å². The summed E-state index contributed by atoms with van der Waals surface area (Å²) in [4.78, 5) is 23.9. The fourth-order valence-corrected chi connectivity index (χ4v) is 2.71. The first-order valence-corrected chi connectivity index (χ1v) is 9.04. The molecule has 0 aliphatic heterocycles. The smallest absolute Gasteiger partial charge is 0.417 e. The van der Waals surface area contributed by atoms with Gasteiger partial charge in [-0.05, 0) is 48.0 Å². The average molecular weight is 427 g/mol. The van der Waals surface area contributed by atoms with Crippen LogP contribution in [0.1, 0.15) is 16.7 Å². The van der Waals surface area contributed by atoms with E-state index in [2.05, 4.69) is 5.32 Å². The van der Waals surface area contributed by atoms with Crippen LogP contribution in [0.25, 0.3) is 0 Å². The fourth-order valence-electron chi connectivity index (χ4n) is 2.71. The van der Waals surface area contributed by atoms with Gasteiger partial charge in [-0.25, -0.2) is 0 Å². The van der Waals surface area contributed by atoms with Crippen molar-refractivity contribution in [3.05, 3.63) is 93.9 Å². The van der Waals surface area contributed by atoms with Gasteiger partial charge in [0.15, 0.2) is 0 Å². The van der Waals surface area contributed by atoms with Crippen molar-refractivity contribution in [2.75, 3.05) is 5.32 Å². The summed E-state index contributed by atoms with van der Waals surface area (Å²) in [5, 5.41) is 11.4. The molecule has 3 aromatic rings. The third-order valence-corrected chi connectivity index (χ3v) is 4.22. The molecule has 31 heavy (non-hydrogen) atoms. The van der Waals surface area contributed by atoms with Crippen molar-refractivity contribution >= 4 is 11.6 Å². The highest BCUT2D eigenvalue weighted by Crippen LogP contribution is 2.28. The molecule has 9 heteroatoms. The number of anilines is 1. The number of nitrogens with one attached hydrogen (secondary N) is 1. The molecule has 0 aliphatic rings. The molecule has 0 fully saturated rings. The maximum absolute atomic E-state index is 12.8. The monoisotopic (exact) mass is 427 g/mol. The molecule has 3 rings (SSSR count). The van der Waals surface area contributed by atoms with Gasteiger partial charge in [0.05, 0.1) is 17.2 Å². The summed E-state index contributed by atoms with van der Waals surface area (Å²) >= 11 is 0. The van der Waals surface area contributed by atoms with Gasteiger partial charge in [-0.2, -0.15) is 18.4 Å². The zero-order valence-corrected chi connectivity index (χ0v) is 16.0. The van der Waals surface area contributed by atoms with E-state index >= 15 is 0 Å². The molecule has 0 unspecified atom stereocenters. The number of benzene rings is 2. The van der Waals surface area contributed by atoms with Gasteiger partial charge in [0.2, 0.25) is 5.91 Å². The number of carbonyl (C=O) groups is 1. The van der Waals surface area contributed by atoms with Crippen LogP contribution >= 0.6 is 0 Å². The van der Waals surface area contributed by atoms with Crippen molar-refractivity contribution in [1.82, 2.24) is 4.57 Å². The molecule has 1 aromatic heterocycles. The number of hydrogen-bond acceptors (Lipinski definition) is 4. The molecule has 0 bridgehead atoms. The van der Waals surface area contributed by atoms with Crippen LogP contribution in [0.2, 0.25) is 0 Å². The molecule has 0 spiro atoms. The summed E-state index contributed by atoms with van der Waals surface area (Å²) in [5.41, 5.74) is 0.0138. The van der Waals surface area contributed by atoms with Crippen LogP contribution < -0.4 is 15.6 Å². The predicted octanol–water partition coefficient (Wildman–Crippen LogP) is 3.96. The van der Waals surface area contributed by atoms with Gasteiger partial charge in [0.25, 0.3) is 5.56 Å². The molecular weight excluding hydrogens is 411 g/mol. The Balaban J connectivity index is 1.59. The molecule has 0 saturated heterocycles. The summed E-state index contributed by atoms with van der Waals surface area (Å²) in [6, 6.07) is 16.8. The number of nitriles is 1. The number of ether oxygens (including phenoxy) is 1. The second-order valence-electron chi connectivity index (χ2n) is 6.56. The van der Waals surface area contributed by atoms with Crippen molar-refractivity contribution in [3.63, 3.8) is 0 Å². The lowest BCUT2D eigenvalue weighted by Crippen LogP contribution is -2.28. The molecule has 1 heterocycles. The minimum atomic E-state index is -4.61. The Morgan fingerprint density at radius 1 is 1.10 bits per heavy atom. The molecule has 1 N–H and O–H groups in total. The van der Waals surface area contributed by atoms with E-state index in [1.807, 2.05) is 12.1 Å². The number of alkyl halides is 3. The Hall–Kier alpha value is -4.06. The molecule has 6 nitrogen and oxygen atoms in total. The second-order valence-corrected chi connectivity index (χ2v) is 6.56. The first-order chi connectivity index (χ1) is 14.7. The number of aromatic nitrogens is 1.